The molecule has 0 spiro atoms. The lowest BCUT2D eigenvalue weighted by Crippen LogP contribution is -2.22. The van der Waals surface area contributed by atoms with Crippen molar-refractivity contribution in [2.24, 2.45) is 10.9 Å². The van der Waals surface area contributed by atoms with Crippen LogP contribution < -0.4 is 4.74 Å². The zero-order valence-electron chi connectivity index (χ0n) is 20.2. The Hall–Kier alpha value is -4.01. The first kappa shape index (κ1) is 27.0. The molecule has 0 aliphatic carbocycles. The number of hydrogen-bond acceptors (Lipinski definition) is 4. The van der Waals surface area contributed by atoms with Crippen molar-refractivity contribution in [3.8, 4) is 16.9 Å². The van der Waals surface area contributed by atoms with Crippen LogP contribution in [-0.2, 0) is 9.53 Å². The average molecular weight is 530 g/mol. The molecule has 3 aromatic carbocycles. The van der Waals surface area contributed by atoms with Crippen LogP contribution in [0.1, 0.15) is 36.4 Å². The minimum absolute atomic E-state index is 0.00519. The molecule has 9 heteroatoms. The summed E-state index contributed by atoms with van der Waals surface area (Å²) in [6.07, 6.45) is -1.78. The molecule has 1 aliphatic rings. The average Bonchev–Trinajstić information content (AvgIpc) is 3.31. The highest BCUT2D eigenvalue weighted by atomic mass is 19.4. The highest BCUT2D eigenvalue weighted by molar-refractivity contribution is 6.04. The van der Waals surface area contributed by atoms with Crippen molar-refractivity contribution in [2.45, 2.75) is 31.7 Å². The van der Waals surface area contributed by atoms with E-state index in [9.17, 15) is 26.7 Å². The van der Waals surface area contributed by atoms with Gasteiger partial charge in [0.1, 0.15) is 17.4 Å². The number of benzene rings is 3. The third-order valence-corrected chi connectivity index (χ3v) is 6.11. The Morgan fingerprint density at radius 3 is 2.16 bits per heavy atom. The number of alkyl halides is 3. The first-order valence-electron chi connectivity index (χ1n) is 11.9. The van der Waals surface area contributed by atoms with E-state index < -0.39 is 35.9 Å². The van der Waals surface area contributed by atoms with Gasteiger partial charge in [0.05, 0.1) is 24.1 Å². The number of esters is 1. The molecule has 198 valence electrons. The molecule has 38 heavy (non-hydrogen) atoms. The smallest absolute Gasteiger partial charge is 0.465 e. The van der Waals surface area contributed by atoms with Crippen LogP contribution in [-0.4, -0.2) is 24.7 Å². The number of rotatable bonds is 9. The molecule has 0 N–H and O–H groups in total. The van der Waals surface area contributed by atoms with Gasteiger partial charge in [-0.1, -0.05) is 48.5 Å². The fraction of sp³-hybridized carbons (Fsp3) is 0.241. The minimum atomic E-state index is -4.78. The van der Waals surface area contributed by atoms with E-state index in [0.29, 0.717) is 29.5 Å². The van der Waals surface area contributed by atoms with E-state index in [1.165, 1.54) is 30.3 Å². The Balaban J connectivity index is 1.59. The van der Waals surface area contributed by atoms with E-state index >= 15 is 0 Å². The Morgan fingerprint density at radius 2 is 1.58 bits per heavy atom. The van der Waals surface area contributed by atoms with Crippen molar-refractivity contribution < 1.29 is 36.2 Å². The van der Waals surface area contributed by atoms with Gasteiger partial charge in [-0.3, -0.25) is 9.79 Å². The number of carbonyl (C=O) groups excluding carboxylic acids is 1. The molecule has 0 fully saturated rings. The van der Waals surface area contributed by atoms with Gasteiger partial charge in [-0.2, -0.15) is 0 Å². The molecule has 4 nitrogen and oxygen atoms in total. The third kappa shape index (κ3) is 6.45. The SMILES string of the molecule is C=CCCCOC(=O)[C@H]1CC(c2c(F)cccc2F)=NC1c1ccc(-c2ccc(OC(F)(F)F)cc2)cc1. The van der Waals surface area contributed by atoms with Crippen LogP contribution in [0.2, 0.25) is 0 Å². The summed E-state index contributed by atoms with van der Waals surface area (Å²) in [6, 6.07) is 15.1. The Bertz CT molecular complexity index is 1300. The molecule has 3 aromatic rings. The second-order valence-corrected chi connectivity index (χ2v) is 8.72. The molecule has 0 radical (unpaired) electrons. The molecule has 1 aliphatic heterocycles. The topological polar surface area (TPSA) is 47.9 Å². The van der Waals surface area contributed by atoms with Crippen molar-refractivity contribution in [3.05, 3.63) is 102 Å². The van der Waals surface area contributed by atoms with Gasteiger partial charge >= 0.3 is 12.3 Å². The number of unbranched alkanes of at least 4 members (excludes halogenated alkanes) is 1. The van der Waals surface area contributed by atoms with Gasteiger partial charge in [-0.05, 0) is 53.8 Å². The number of allylic oxidation sites excluding steroid dienone is 1. The predicted octanol–water partition coefficient (Wildman–Crippen LogP) is 7.59. The number of nitrogens with zero attached hydrogens (tertiary/aromatic N) is 1. The molecular weight excluding hydrogens is 505 g/mol. The van der Waals surface area contributed by atoms with Gasteiger partial charge in [0, 0.05) is 12.1 Å². The van der Waals surface area contributed by atoms with E-state index in [0.717, 1.165) is 12.1 Å². The van der Waals surface area contributed by atoms with Crippen LogP contribution in [0.5, 0.6) is 5.75 Å². The quantitative estimate of drug-likeness (QED) is 0.124. The normalized spacial score (nSPS) is 17.1. The lowest BCUT2D eigenvalue weighted by molar-refractivity contribution is -0.274. The minimum Gasteiger partial charge on any atom is -0.465 e. The predicted molar refractivity (Wildman–Crippen MR) is 133 cm³/mol. The maximum absolute atomic E-state index is 14.5. The van der Waals surface area contributed by atoms with E-state index in [-0.39, 0.29) is 30.1 Å². The highest BCUT2D eigenvalue weighted by Crippen LogP contribution is 2.39. The van der Waals surface area contributed by atoms with Crippen LogP contribution >= 0.6 is 0 Å². The van der Waals surface area contributed by atoms with Crippen molar-refractivity contribution >= 4 is 11.7 Å². The summed E-state index contributed by atoms with van der Waals surface area (Å²) in [4.78, 5) is 17.5. The standard InChI is InChI=1S/C29H24F5NO3/c1-2-3-4-16-37-28(36)22-17-25(26-23(30)6-5-7-24(26)31)35-27(22)20-10-8-18(9-11-20)19-12-14-21(15-13-19)38-29(32,33)34/h2,5-15,22,27H,1,3-4,16-17H2/t22-,27?/m0/s1. The van der Waals surface area contributed by atoms with Gasteiger partial charge in [0.2, 0.25) is 0 Å². The van der Waals surface area contributed by atoms with Crippen molar-refractivity contribution in [2.75, 3.05) is 6.61 Å². The molecule has 1 heterocycles. The van der Waals surface area contributed by atoms with Gasteiger partial charge in [-0.15, -0.1) is 19.8 Å². The third-order valence-electron chi connectivity index (χ3n) is 6.11. The second-order valence-electron chi connectivity index (χ2n) is 8.72. The van der Waals surface area contributed by atoms with Crippen molar-refractivity contribution in [1.29, 1.82) is 0 Å². The second kappa shape index (κ2) is 11.6. The van der Waals surface area contributed by atoms with E-state index in [1.54, 1.807) is 30.3 Å². The van der Waals surface area contributed by atoms with Crippen molar-refractivity contribution in [3.63, 3.8) is 0 Å². The van der Waals surface area contributed by atoms with Crippen molar-refractivity contribution in [1.82, 2.24) is 0 Å². The largest absolute Gasteiger partial charge is 0.573 e. The molecular formula is C29H24F5NO3. The maximum Gasteiger partial charge on any atom is 0.573 e. The van der Waals surface area contributed by atoms with E-state index in [1.807, 2.05) is 0 Å². The van der Waals surface area contributed by atoms with Crippen LogP contribution in [0.4, 0.5) is 22.0 Å². The molecule has 0 bridgehead atoms. The van der Waals surface area contributed by atoms with Gasteiger partial charge in [0.15, 0.2) is 0 Å². The highest BCUT2D eigenvalue weighted by Gasteiger charge is 2.39. The molecule has 0 saturated carbocycles. The number of halogens is 5. The zero-order chi connectivity index (χ0) is 27.3. The summed E-state index contributed by atoms with van der Waals surface area (Å²) < 4.78 is 75.6. The van der Waals surface area contributed by atoms with Gasteiger partial charge in [0.25, 0.3) is 0 Å². The summed E-state index contributed by atoms with van der Waals surface area (Å²) >= 11 is 0. The number of hydrogen-bond donors (Lipinski definition) is 0. The first-order valence-corrected chi connectivity index (χ1v) is 11.9. The van der Waals surface area contributed by atoms with Crippen LogP contribution in [0.15, 0.2) is 84.4 Å². The summed E-state index contributed by atoms with van der Waals surface area (Å²) in [7, 11) is 0. The number of aliphatic imine (C=N–C) groups is 1. The summed E-state index contributed by atoms with van der Waals surface area (Å²) in [5, 5.41) is 0. The fourth-order valence-electron chi connectivity index (χ4n) is 4.32. The summed E-state index contributed by atoms with van der Waals surface area (Å²) in [6.45, 7) is 3.82. The molecule has 0 saturated heterocycles. The van der Waals surface area contributed by atoms with Crippen LogP contribution in [0.25, 0.3) is 11.1 Å². The molecule has 1 unspecified atom stereocenters. The number of ether oxygens (including phenoxy) is 2. The maximum atomic E-state index is 14.5. The van der Waals surface area contributed by atoms with E-state index in [2.05, 4.69) is 16.3 Å². The molecule has 0 aromatic heterocycles. The lowest BCUT2D eigenvalue weighted by Gasteiger charge is -2.18. The Labute approximate surface area is 216 Å². The van der Waals surface area contributed by atoms with Crippen LogP contribution in [0.3, 0.4) is 0 Å². The molecule has 2 atom stereocenters. The lowest BCUT2D eigenvalue weighted by atomic mass is 9.90. The zero-order valence-corrected chi connectivity index (χ0v) is 20.2. The molecule has 4 rings (SSSR count). The Kier molecular flexibility index (Phi) is 8.24. The Morgan fingerprint density at radius 1 is 0.974 bits per heavy atom. The fourth-order valence-corrected chi connectivity index (χ4v) is 4.32. The van der Waals surface area contributed by atoms with Gasteiger partial charge in [-0.25, -0.2) is 8.78 Å². The van der Waals surface area contributed by atoms with E-state index in [4.69, 9.17) is 4.74 Å². The van der Waals surface area contributed by atoms with Gasteiger partial charge < -0.3 is 9.47 Å². The monoisotopic (exact) mass is 529 g/mol. The first-order chi connectivity index (χ1) is 18.2. The summed E-state index contributed by atoms with van der Waals surface area (Å²) in [5.74, 6) is -3.16. The number of carbonyl (C=O) groups is 1. The molecule has 0 amide bonds. The van der Waals surface area contributed by atoms with Crippen LogP contribution in [0, 0.1) is 17.6 Å². The summed E-state index contributed by atoms with van der Waals surface area (Å²) in [5.41, 5.74) is 1.86.